The molecule has 0 fully saturated rings. The van der Waals surface area contributed by atoms with Crippen LogP contribution in [0.1, 0.15) is 21.5 Å². The lowest BCUT2D eigenvalue weighted by Gasteiger charge is -2.15. The number of halogens is 1. The van der Waals surface area contributed by atoms with Crippen LogP contribution in [0, 0.1) is 0 Å². The summed E-state index contributed by atoms with van der Waals surface area (Å²) < 4.78 is 10.5. The number of ketones is 1. The molecule has 120 valence electrons. The van der Waals surface area contributed by atoms with E-state index in [4.69, 9.17) is 26.2 Å². The van der Waals surface area contributed by atoms with Crippen LogP contribution in [0.25, 0.3) is 0 Å². The molecule has 0 heterocycles. The van der Waals surface area contributed by atoms with Gasteiger partial charge in [0.2, 0.25) is 0 Å². The number of benzene rings is 2. The molecule has 0 amide bonds. The van der Waals surface area contributed by atoms with Crippen molar-refractivity contribution in [2.45, 2.75) is 6.42 Å². The fourth-order valence-corrected chi connectivity index (χ4v) is 2.40. The molecule has 5 nitrogen and oxygen atoms in total. The van der Waals surface area contributed by atoms with Gasteiger partial charge in [0.15, 0.2) is 17.3 Å². The molecule has 0 unspecified atom stereocenters. The first-order valence-electron chi connectivity index (χ1n) is 6.73. The molecule has 2 rings (SSSR count). The highest BCUT2D eigenvalue weighted by Crippen LogP contribution is 2.35. The Balaban J connectivity index is 2.62. The quantitative estimate of drug-likeness (QED) is 0.821. The predicted octanol–water partition coefficient (Wildman–Crippen LogP) is 3.22. The van der Waals surface area contributed by atoms with Crippen molar-refractivity contribution in [1.29, 1.82) is 0 Å². The summed E-state index contributed by atoms with van der Waals surface area (Å²) in [6.45, 7) is 0. The molecular weight excluding hydrogens is 320 g/mol. The summed E-state index contributed by atoms with van der Waals surface area (Å²) in [4.78, 5) is 23.9. The Morgan fingerprint density at radius 3 is 2.22 bits per heavy atom. The fourth-order valence-electron chi connectivity index (χ4n) is 2.27. The standard InChI is InChI=1S/C17H15ClO5/c1-22-13-8-5-11(9-14(19)20)15(17(13)23-2)16(21)10-3-6-12(18)7-4-10/h3-8H,9H2,1-2H3,(H,19,20). The third-order valence-corrected chi connectivity index (χ3v) is 3.56. The number of hydrogen-bond acceptors (Lipinski definition) is 4. The molecule has 1 N–H and O–H groups in total. The smallest absolute Gasteiger partial charge is 0.307 e. The molecule has 0 saturated carbocycles. The van der Waals surface area contributed by atoms with Crippen molar-refractivity contribution in [1.82, 2.24) is 0 Å². The van der Waals surface area contributed by atoms with Gasteiger partial charge < -0.3 is 14.6 Å². The van der Waals surface area contributed by atoms with E-state index >= 15 is 0 Å². The Morgan fingerprint density at radius 2 is 1.70 bits per heavy atom. The van der Waals surface area contributed by atoms with E-state index < -0.39 is 5.97 Å². The molecule has 2 aromatic rings. The largest absolute Gasteiger partial charge is 0.493 e. The first-order valence-corrected chi connectivity index (χ1v) is 7.11. The van der Waals surface area contributed by atoms with E-state index in [0.29, 0.717) is 21.9 Å². The van der Waals surface area contributed by atoms with Crippen LogP contribution in [0.15, 0.2) is 36.4 Å². The molecule has 0 radical (unpaired) electrons. The van der Waals surface area contributed by atoms with Crippen LogP contribution in [-0.4, -0.2) is 31.1 Å². The minimum atomic E-state index is -1.04. The Hall–Kier alpha value is -2.53. The van der Waals surface area contributed by atoms with Gasteiger partial charge in [-0.05, 0) is 35.9 Å². The minimum absolute atomic E-state index is 0.177. The number of carbonyl (C=O) groups excluding carboxylic acids is 1. The summed E-state index contributed by atoms with van der Waals surface area (Å²) in [5, 5.41) is 9.57. The zero-order valence-corrected chi connectivity index (χ0v) is 13.4. The van der Waals surface area contributed by atoms with Gasteiger partial charge in [0.1, 0.15) is 0 Å². The number of methoxy groups -OCH3 is 2. The van der Waals surface area contributed by atoms with Gasteiger partial charge in [-0.3, -0.25) is 9.59 Å². The Bertz CT molecular complexity index is 737. The average Bonchev–Trinajstić information content (AvgIpc) is 2.53. The van der Waals surface area contributed by atoms with Gasteiger partial charge in [0, 0.05) is 10.6 Å². The van der Waals surface area contributed by atoms with Gasteiger partial charge in [-0.1, -0.05) is 17.7 Å². The van der Waals surface area contributed by atoms with Gasteiger partial charge in [-0.25, -0.2) is 0 Å². The molecule has 0 spiro atoms. The zero-order valence-electron chi connectivity index (χ0n) is 12.6. The first-order chi connectivity index (χ1) is 11.0. The number of carbonyl (C=O) groups is 2. The molecule has 2 aromatic carbocycles. The molecule has 6 heteroatoms. The van der Waals surface area contributed by atoms with Crippen molar-refractivity contribution in [2.75, 3.05) is 14.2 Å². The molecule has 0 aliphatic heterocycles. The molecule has 0 aliphatic carbocycles. The fraction of sp³-hybridized carbons (Fsp3) is 0.176. The zero-order chi connectivity index (χ0) is 17.0. The number of carboxylic acids is 1. The SMILES string of the molecule is COc1ccc(CC(=O)O)c(C(=O)c2ccc(Cl)cc2)c1OC. The van der Waals surface area contributed by atoms with E-state index in [9.17, 15) is 9.59 Å². The van der Waals surface area contributed by atoms with E-state index in [-0.39, 0.29) is 23.5 Å². The maximum Gasteiger partial charge on any atom is 0.307 e. The molecular formula is C17H15ClO5. The van der Waals surface area contributed by atoms with E-state index in [1.54, 1.807) is 36.4 Å². The lowest BCUT2D eigenvalue weighted by atomic mass is 9.95. The van der Waals surface area contributed by atoms with Crippen molar-refractivity contribution in [3.63, 3.8) is 0 Å². The van der Waals surface area contributed by atoms with E-state index in [0.717, 1.165) is 0 Å². The van der Waals surface area contributed by atoms with Crippen LogP contribution in [0.2, 0.25) is 5.02 Å². The molecule has 0 bridgehead atoms. The van der Waals surface area contributed by atoms with Gasteiger partial charge in [-0.15, -0.1) is 0 Å². The van der Waals surface area contributed by atoms with Crippen LogP contribution in [0.5, 0.6) is 11.5 Å². The molecule has 0 saturated heterocycles. The van der Waals surface area contributed by atoms with Crippen LogP contribution in [0.3, 0.4) is 0 Å². The summed E-state index contributed by atoms with van der Waals surface area (Å²) >= 11 is 5.84. The second kappa shape index (κ2) is 7.15. The Morgan fingerprint density at radius 1 is 1.04 bits per heavy atom. The van der Waals surface area contributed by atoms with Gasteiger partial charge in [0.25, 0.3) is 0 Å². The van der Waals surface area contributed by atoms with Crippen molar-refractivity contribution >= 4 is 23.4 Å². The highest BCUT2D eigenvalue weighted by atomic mass is 35.5. The monoisotopic (exact) mass is 334 g/mol. The first kappa shape index (κ1) is 16.8. The average molecular weight is 335 g/mol. The van der Waals surface area contributed by atoms with Crippen molar-refractivity contribution in [3.05, 3.63) is 58.1 Å². The van der Waals surface area contributed by atoms with Crippen LogP contribution >= 0.6 is 11.6 Å². The van der Waals surface area contributed by atoms with Gasteiger partial charge in [0.05, 0.1) is 26.2 Å². The summed E-state index contributed by atoms with van der Waals surface area (Å²) in [7, 11) is 2.85. The molecule has 0 atom stereocenters. The summed E-state index contributed by atoms with van der Waals surface area (Å²) in [6, 6.07) is 9.48. The Labute approximate surface area is 138 Å². The maximum absolute atomic E-state index is 12.8. The number of rotatable bonds is 6. The molecule has 0 aromatic heterocycles. The van der Waals surface area contributed by atoms with E-state index in [1.807, 2.05) is 0 Å². The van der Waals surface area contributed by atoms with E-state index in [1.165, 1.54) is 14.2 Å². The maximum atomic E-state index is 12.8. The third-order valence-electron chi connectivity index (χ3n) is 3.31. The highest BCUT2D eigenvalue weighted by molar-refractivity contribution is 6.30. The summed E-state index contributed by atoms with van der Waals surface area (Å²) in [5.41, 5.74) is 0.916. The molecule has 0 aliphatic rings. The Kier molecular flexibility index (Phi) is 5.24. The second-order valence-corrected chi connectivity index (χ2v) is 5.18. The van der Waals surface area contributed by atoms with Crippen molar-refractivity contribution in [2.24, 2.45) is 0 Å². The lowest BCUT2D eigenvalue weighted by Crippen LogP contribution is -2.12. The summed E-state index contributed by atoms with van der Waals surface area (Å²) in [6.07, 6.45) is -0.297. The second-order valence-electron chi connectivity index (χ2n) is 4.74. The van der Waals surface area contributed by atoms with Gasteiger partial charge in [-0.2, -0.15) is 0 Å². The highest BCUT2D eigenvalue weighted by Gasteiger charge is 2.23. The van der Waals surface area contributed by atoms with Crippen LogP contribution < -0.4 is 9.47 Å². The minimum Gasteiger partial charge on any atom is -0.493 e. The summed E-state index contributed by atoms with van der Waals surface area (Å²) in [5.74, 6) is -0.818. The van der Waals surface area contributed by atoms with Crippen LogP contribution in [0.4, 0.5) is 0 Å². The van der Waals surface area contributed by atoms with Crippen molar-refractivity contribution in [3.8, 4) is 11.5 Å². The number of carboxylic acid groups (broad SMARTS) is 1. The van der Waals surface area contributed by atoms with Crippen molar-refractivity contribution < 1.29 is 24.2 Å². The lowest BCUT2D eigenvalue weighted by molar-refractivity contribution is -0.136. The number of hydrogen-bond donors (Lipinski definition) is 1. The predicted molar refractivity (Wildman–Crippen MR) is 85.8 cm³/mol. The molecule has 23 heavy (non-hydrogen) atoms. The van der Waals surface area contributed by atoms with E-state index in [2.05, 4.69) is 0 Å². The topological polar surface area (TPSA) is 72.8 Å². The van der Waals surface area contributed by atoms with Gasteiger partial charge >= 0.3 is 5.97 Å². The normalized spacial score (nSPS) is 10.2. The number of ether oxygens (including phenoxy) is 2. The third kappa shape index (κ3) is 3.63. The number of aliphatic carboxylic acids is 1. The van der Waals surface area contributed by atoms with Crippen LogP contribution in [-0.2, 0) is 11.2 Å².